The van der Waals surface area contributed by atoms with Gasteiger partial charge in [0.1, 0.15) is 0 Å². The van der Waals surface area contributed by atoms with Gasteiger partial charge in [-0.3, -0.25) is 0 Å². The van der Waals surface area contributed by atoms with E-state index in [4.69, 9.17) is 11.7 Å². The van der Waals surface area contributed by atoms with Crippen LogP contribution in [0.15, 0.2) is 70.9 Å². The van der Waals surface area contributed by atoms with Crippen molar-refractivity contribution in [2.45, 2.75) is 27.7 Å². The minimum atomic E-state index is 0.870. The van der Waals surface area contributed by atoms with Gasteiger partial charge in [-0.05, 0) is 86.0 Å². The van der Waals surface area contributed by atoms with Crippen LogP contribution in [-0.4, -0.2) is 0 Å². The van der Waals surface area contributed by atoms with Crippen LogP contribution < -0.4 is 22.4 Å². The first-order valence-corrected chi connectivity index (χ1v) is 17.6. The summed E-state index contributed by atoms with van der Waals surface area (Å²) in [6.45, 7) is 8.70. The highest BCUT2D eigenvalue weighted by Gasteiger charge is 2.25. The topological polar surface area (TPSA) is 76.8 Å². The first-order valence-electron chi connectivity index (χ1n) is 14.4. The van der Waals surface area contributed by atoms with Gasteiger partial charge in [0.15, 0.2) is 0 Å². The van der Waals surface area contributed by atoms with Crippen molar-refractivity contribution in [3.63, 3.8) is 0 Å². The maximum Gasteiger partial charge on any atom is 0.0995 e. The van der Waals surface area contributed by atoms with Crippen molar-refractivity contribution >= 4 is 107 Å². The third kappa shape index (κ3) is 3.48. The monoisotopic (exact) mass is 642 g/mol. The molecule has 0 unspecified atom stereocenters. The van der Waals surface area contributed by atoms with Crippen LogP contribution in [0, 0.1) is 27.7 Å². The van der Waals surface area contributed by atoms with Gasteiger partial charge in [0.2, 0.25) is 0 Å². The fourth-order valence-electron chi connectivity index (χ4n) is 7.01. The van der Waals surface area contributed by atoms with E-state index < -0.39 is 0 Å². The number of thiophene rings is 4. The fraction of sp³-hybridized carbons (Fsp3) is 0.111. The largest absolute Gasteiger partial charge is 0.323 e. The Bertz CT molecular complexity index is 2600. The summed E-state index contributed by atoms with van der Waals surface area (Å²) in [5.74, 6) is 12.4. The molecule has 4 N–H and O–H groups in total. The van der Waals surface area contributed by atoms with Gasteiger partial charge in [-0.25, -0.2) is 0 Å². The van der Waals surface area contributed by atoms with Crippen molar-refractivity contribution in [2.75, 3.05) is 0 Å². The van der Waals surface area contributed by atoms with Crippen LogP contribution in [0.4, 0.5) is 0 Å². The number of rotatable bonds is 2. The van der Waals surface area contributed by atoms with Crippen LogP contribution in [0.3, 0.4) is 0 Å². The molecule has 0 radical (unpaired) electrons. The van der Waals surface area contributed by atoms with E-state index in [1.54, 1.807) is 0 Å². The third-order valence-corrected chi connectivity index (χ3v) is 13.9. The molecule has 0 saturated heterocycles. The van der Waals surface area contributed by atoms with Gasteiger partial charge in [0, 0.05) is 70.6 Å². The molecule has 0 aliphatic heterocycles. The lowest BCUT2D eigenvalue weighted by Gasteiger charge is -2.07. The van der Waals surface area contributed by atoms with Gasteiger partial charge in [-0.1, -0.05) is 35.4 Å². The number of aryl methyl sites for hydroxylation is 4. The predicted octanol–water partition coefficient (Wildman–Crippen LogP) is 9.84. The van der Waals surface area contributed by atoms with Gasteiger partial charge in [0.05, 0.1) is 10.7 Å². The summed E-state index contributed by atoms with van der Waals surface area (Å²) in [4.78, 5) is 5.03. The van der Waals surface area contributed by atoms with E-state index in [1.165, 1.54) is 82.1 Å². The number of nitrogens with two attached hydrogens (primary N) is 2. The Kier molecular flexibility index (Phi) is 5.52. The van der Waals surface area contributed by atoms with Crippen molar-refractivity contribution < 1.29 is 0 Å². The number of fused-ring (bicyclic) bond motifs is 8. The van der Waals surface area contributed by atoms with Crippen molar-refractivity contribution in [3.8, 4) is 19.5 Å². The molecule has 0 saturated carbocycles. The van der Waals surface area contributed by atoms with Gasteiger partial charge in [-0.15, -0.1) is 45.3 Å². The Labute approximate surface area is 268 Å². The summed E-state index contributed by atoms with van der Waals surface area (Å²) < 4.78 is 5.06. The smallest absolute Gasteiger partial charge is 0.0995 e. The first-order chi connectivity index (χ1) is 21.3. The van der Waals surface area contributed by atoms with E-state index in [9.17, 15) is 0 Å². The summed E-state index contributed by atoms with van der Waals surface area (Å²) >= 11 is 7.33. The second-order valence-corrected chi connectivity index (χ2v) is 16.0. The van der Waals surface area contributed by atoms with Gasteiger partial charge < -0.3 is 11.7 Å². The standard InChI is InChI=1S/C36H26N4S4/c1-15-5-7-23-19(9-15)11-25(41-23)27-13-21-33(39-37)29-18(4)32-30(17(3)31(29)35(21)43-27)34(40-38)22-14-28(44-36(22)32)26-12-20-10-16(2)6-8-24(20)42-26/h5-14H,37-38H2,1-4H3/b39-33+,40-34+. The molecule has 9 aromatic rings. The molecule has 0 amide bonds. The molecule has 4 aromatic heterocycles. The highest BCUT2D eigenvalue weighted by Crippen LogP contribution is 2.47. The molecule has 4 heterocycles. The van der Waals surface area contributed by atoms with E-state index in [0.717, 1.165) is 32.3 Å². The van der Waals surface area contributed by atoms with Crippen molar-refractivity contribution in [3.05, 3.63) is 93.6 Å². The Morgan fingerprint density at radius 1 is 0.477 bits per heavy atom. The molecule has 0 aliphatic carbocycles. The molecule has 9 rings (SSSR count). The van der Waals surface area contributed by atoms with Gasteiger partial charge >= 0.3 is 0 Å². The van der Waals surface area contributed by atoms with Crippen LogP contribution in [0.5, 0.6) is 0 Å². The van der Waals surface area contributed by atoms with Gasteiger partial charge in [-0.2, -0.15) is 10.2 Å². The quantitative estimate of drug-likeness (QED) is 0.145. The average molecular weight is 643 g/mol. The second kappa shape index (κ2) is 9.22. The zero-order valence-corrected chi connectivity index (χ0v) is 27.7. The molecule has 44 heavy (non-hydrogen) atoms. The highest BCUT2D eigenvalue weighted by atomic mass is 32.1. The molecule has 5 aromatic carbocycles. The fourth-order valence-corrected chi connectivity index (χ4v) is 11.8. The molecule has 0 bridgehead atoms. The second-order valence-electron chi connectivity index (χ2n) is 11.7. The number of hydrogen-bond donors (Lipinski definition) is 2. The van der Waals surface area contributed by atoms with Crippen LogP contribution >= 0.6 is 45.3 Å². The van der Waals surface area contributed by atoms with E-state index in [1.807, 2.05) is 45.3 Å². The zero-order chi connectivity index (χ0) is 30.0. The van der Waals surface area contributed by atoms with Gasteiger partial charge in [0.25, 0.3) is 0 Å². The van der Waals surface area contributed by atoms with Crippen molar-refractivity contribution in [2.24, 2.45) is 21.9 Å². The lowest BCUT2D eigenvalue weighted by Crippen LogP contribution is -2.07. The van der Waals surface area contributed by atoms with E-state index in [0.29, 0.717) is 0 Å². The lowest BCUT2D eigenvalue weighted by molar-refractivity contribution is 1.17. The molecule has 0 spiro atoms. The Morgan fingerprint density at radius 3 is 1.30 bits per heavy atom. The Hall–Kier alpha value is -4.08. The maximum atomic E-state index is 6.18. The van der Waals surface area contributed by atoms with Crippen LogP contribution in [-0.2, 0) is 0 Å². The van der Waals surface area contributed by atoms with Crippen LogP contribution in [0.25, 0.3) is 81.4 Å². The molecule has 8 heteroatoms. The Balaban J connectivity index is 1.32. The molecule has 0 fully saturated rings. The van der Waals surface area contributed by atoms with Crippen molar-refractivity contribution in [1.82, 2.24) is 0 Å². The van der Waals surface area contributed by atoms with E-state index in [-0.39, 0.29) is 0 Å². The SMILES string of the molecule is Cc1ccc2sc(-c3cc4/c(=N\N)c5c(C)c6c(c(C)c5c4s3)/c(=N/N)c3cc(-c4cc5cc(C)ccc5s4)sc36)cc2c1. The average Bonchev–Trinajstić information content (AvgIpc) is 3.82. The first kappa shape index (κ1) is 26.3. The summed E-state index contributed by atoms with van der Waals surface area (Å²) in [6.07, 6.45) is 0. The summed E-state index contributed by atoms with van der Waals surface area (Å²) in [6, 6.07) is 22.5. The van der Waals surface area contributed by atoms with Crippen molar-refractivity contribution in [1.29, 1.82) is 0 Å². The zero-order valence-electron chi connectivity index (χ0n) is 24.5. The highest BCUT2D eigenvalue weighted by molar-refractivity contribution is 7.29. The summed E-state index contributed by atoms with van der Waals surface area (Å²) in [7, 11) is 0. The molecule has 0 atom stereocenters. The molecule has 4 nitrogen and oxygen atoms in total. The predicted molar refractivity (Wildman–Crippen MR) is 195 cm³/mol. The summed E-state index contributed by atoms with van der Waals surface area (Å²) in [5.41, 5.74) is 4.93. The minimum absolute atomic E-state index is 0.870. The molecular weight excluding hydrogens is 617 g/mol. The summed E-state index contributed by atoms with van der Waals surface area (Å²) in [5, 5.41) is 20.1. The third-order valence-electron chi connectivity index (χ3n) is 8.99. The lowest BCUT2D eigenvalue weighted by atomic mass is 9.98. The number of hydrogen-bond acceptors (Lipinski definition) is 8. The Morgan fingerprint density at radius 2 is 0.886 bits per heavy atom. The van der Waals surface area contributed by atoms with E-state index in [2.05, 4.69) is 98.6 Å². The van der Waals surface area contributed by atoms with Crippen LogP contribution in [0.1, 0.15) is 22.3 Å². The van der Waals surface area contributed by atoms with Crippen LogP contribution in [0.2, 0.25) is 0 Å². The molecular formula is C36H26N4S4. The van der Waals surface area contributed by atoms with E-state index >= 15 is 0 Å². The maximum absolute atomic E-state index is 6.18. The number of benzene rings is 3. The molecule has 214 valence electrons. The number of nitrogens with zero attached hydrogens (tertiary/aromatic N) is 2. The normalized spacial score (nSPS) is 13.5. The molecule has 0 aliphatic rings. The minimum Gasteiger partial charge on any atom is -0.323 e.